The maximum Gasteiger partial charge on any atom is 0.320 e. The number of halogens is 1. The molecule has 1 unspecified atom stereocenters. The summed E-state index contributed by atoms with van der Waals surface area (Å²) in [6, 6.07) is 19.7. The van der Waals surface area contributed by atoms with Crippen molar-refractivity contribution in [3.8, 4) is 22.9 Å². The normalized spacial score (nSPS) is 11.8. The van der Waals surface area contributed by atoms with Gasteiger partial charge in [-0.1, -0.05) is 18.2 Å². The maximum absolute atomic E-state index is 15.3. The number of nitrogens with zero attached hydrogens (tertiary/aromatic N) is 4. The number of aromatic nitrogens is 3. The Morgan fingerprint density at radius 3 is 2.48 bits per heavy atom. The van der Waals surface area contributed by atoms with Gasteiger partial charge in [-0.25, -0.2) is 9.07 Å². The van der Waals surface area contributed by atoms with Crippen LogP contribution in [0, 0.1) is 12.7 Å². The van der Waals surface area contributed by atoms with Crippen molar-refractivity contribution in [2.45, 2.75) is 26.5 Å². The molecule has 0 aliphatic rings. The number of hydrogen-bond acceptors (Lipinski definition) is 8. The number of hydrogen-bond donors (Lipinski definition) is 1. The van der Waals surface area contributed by atoms with Crippen LogP contribution in [0.5, 0.6) is 17.2 Å². The van der Waals surface area contributed by atoms with Crippen LogP contribution in [-0.4, -0.2) is 65.0 Å². The smallest absolute Gasteiger partial charge is 0.320 e. The van der Waals surface area contributed by atoms with Gasteiger partial charge in [-0.05, 0) is 70.4 Å². The second-order valence-electron chi connectivity index (χ2n) is 10.9. The Balaban J connectivity index is 1.40. The zero-order valence-corrected chi connectivity index (χ0v) is 26.1. The quantitative estimate of drug-likeness (QED) is 0.199. The van der Waals surface area contributed by atoms with Gasteiger partial charge < -0.3 is 19.5 Å². The van der Waals surface area contributed by atoms with Crippen LogP contribution >= 0.6 is 0 Å². The highest BCUT2D eigenvalue weighted by Gasteiger charge is 2.26. The first-order valence-corrected chi connectivity index (χ1v) is 14.5. The fourth-order valence-electron chi connectivity index (χ4n) is 5.05. The first-order chi connectivity index (χ1) is 22.0. The summed E-state index contributed by atoms with van der Waals surface area (Å²) < 4.78 is 34.9. The summed E-state index contributed by atoms with van der Waals surface area (Å²) >= 11 is 0. The van der Waals surface area contributed by atoms with Gasteiger partial charge >= 0.3 is 5.97 Å². The van der Waals surface area contributed by atoms with E-state index >= 15 is 4.39 Å². The summed E-state index contributed by atoms with van der Waals surface area (Å²) in [5.41, 5.74) is 0.915. The zero-order chi connectivity index (χ0) is 33.0. The van der Waals surface area contributed by atoms with Crippen molar-refractivity contribution < 1.29 is 28.2 Å². The molecule has 0 bridgehead atoms. The topological polar surface area (TPSA) is 117 Å². The Labute approximate surface area is 264 Å². The van der Waals surface area contributed by atoms with Gasteiger partial charge in [-0.3, -0.25) is 28.9 Å². The van der Waals surface area contributed by atoms with Crippen LogP contribution < -0.4 is 20.3 Å². The predicted molar refractivity (Wildman–Crippen MR) is 172 cm³/mol. The largest absolute Gasteiger partial charge is 0.497 e. The molecule has 5 aromatic rings. The van der Waals surface area contributed by atoms with Crippen LogP contribution in [0.1, 0.15) is 23.0 Å². The average molecular weight is 628 g/mol. The van der Waals surface area contributed by atoms with Gasteiger partial charge in [0.2, 0.25) is 0 Å². The van der Waals surface area contributed by atoms with Crippen LogP contribution in [0.15, 0.2) is 83.8 Å². The van der Waals surface area contributed by atoms with Crippen LogP contribution in [0.25, 0.3) is 16.6 Å². The van der Waals surface area contributed by atoms with Gasteiger partial charge in [0.15, 0.2) is 11.6 Å². The molecule has 1 N–H and O–H groups in total. The fourth-order valence-corrected chi connectivity index (χ4v) is 5.05. The number of nitrogens with one attached hydrogen (secondary N) is 1. The van der Waals surface area contributed by atoms with Crippen LogP contribution in [0.4, 0.5) is 10.1 Å². The second kappa shape index (κ2) is 13.7. The number of esters is 1. The number of ether oxygens (including phenoxy) is 3. The Morgan fingerprint density at radius 2 is 1.78 bits per heavy atom. The van der Waals surface area contributed by atoms with Crippen molar-refractivity contribution >= 4 is 28.5 Å². The highest BCUT2D eigenvalue weighted by molar-refractivity contribution is 6.05. The minimum atomic E-state index is -0.722. The highest BCUT2D eigenvalue weighted by atomic mass is 19.1. The fraction of sp³-hybridized carbons (Fsp3) is 0.235. The Morgan fingerprint density at radius 1 is 1.02 bits per heavy atom. The number of amides is 1. The number of fused-ring (bicyclic) bond motifs is 1. The van der Waals surface area contributed by atoms with E-state index in [1.54, 1.807) is 99.4 Å². The minimum absolute atomic E-state index is 0.0621. The van der Waals surface area contributed by atoms with E-state index in [4.69, 9.17) is 14.2 Å². The van der Waals surface area contributed by atoms with E-state index in [1.807, 2.05) is 6.07 Å². The molecule has 0 spiro atoms. The third-order valence-corrected chi connectivity index (χ3v) is 7.15. The molecule has 3 aromatic carbocycles. The van der Waals surface area contributed by atoms with Gasteiger partial charge in [0, 0.05) is 29.4 Å². The number of carbonyl (C=O) groups is 2. The molecular formula is C34H34FN5O6. The van der Waals surface area contributed by atoms with Crippen LogP contribution in [-0.2, 0) is 16.1 Å². The molecular weight excluding hydrogens is 593 g/mol. The number of likely N-dealkylation sites (N-methyl/N-ethyl adjacent to an activating group) is 1. The van der Waals surface area contributed by atoms with Gasteiger partial charge in [0.1, 0.15) is 23.2 Å². The molecule has 0 aliphatic carbocycles. The Kier molecular flexibility index (Phi) is 9.47. The van der Waals surface area contributed by atoms with E-state index in [9.17, 15) is 14.4 Å². The van der Waals surface area contributed by atoms with E-state index in [0.29, 0.717) is 33.8 Å². The molecule has 2 heterocycles. The van der Waals surface area contributed by atoms with Gasteiger partial charge in [0.25, 0.3) is 11.5 Å². The van der Waals surface area contributed by atoms with Crippen molar-refractivity contribution in [1.82, 2.24) is 19.2 Å². The van der Waals surface area contributed by atoms with E-state index in [0.717, 1.165) is 6.07 Å². The highest BCUT2D eigenvalue weighted by Crippen LogP contribution is 2.33. The number of pyridine rings is 1. The molecule has 1 amide bonds. The number of para-hydroxylation sites is 1. The third-order valence-electron chi connectivity index (χ3n) is 7.15. The molecule has 46 heavy (non-hydrogen) atoms. The Bertz CT molecular complexity index is 1950. The number of anilines is 1. The summed E-state index contributed by atoms with van der Waals surface area (Å²) in [4.78, 5) is 45.5. The summed E-state index contributed by atoms with van der Waals surface area (Å²) in [5, 5.41) is 3.30. The lowest BCUT2D eigenvalue weighted by atomic mass is 10.2. The number of methoxy groups -OCH3 is 1. The average Bonchev–Trinajstić information content (AvgIpc) is 3.26. The molecule has 12 heteroatoms. The first kappa shape index (κ1) is 31.9. The standard InChI is InChI=1S/C34H34FN5O6/c1-21(45-31(41)20-38(3)4)19-39-22(2)32(34(43)40(39)24-9-7-6-8-10-24)33(42)37-23-11-14-30(27(35)17-23)46-29-15-16-36-28-18-25(44-5)12-13-26(28)29/h6-18,21H,19-20H2,1-5H3,(H,37,42). The molecule has 0 fully saturated rings. The lowest BCUT2D eigenvalue weighted by Gasteiger charge is -2.19. The lowest BCUT2D eigenvalue weighted by Crippen LogP contribution is -2.31. The minimum Gasteiger partial charge on any atom is -0.497 e. The molecule has 2 aromatic heterocycles. The van der Waals surface area contributed by atoms with E-state index in [2.05, 4.69) is 10.3 Å². The van der Waals surface area contributed by atoms with Crippen molar-refractivity contribution in [1.29, 1.82) is 0 Å². The number of rotatable bonds is 11. The van der Waals surface area contributed by atoms with Gasteiger partial charge in [-0.15, -0.1) is 0 Å². The van der Waals surface area contributed by atoms with Crippen LogP contribution in [0.3, 0.4) is 0 Å². The summed E-state index contributed by atoms with van der Waals surface area (Å²) in [5.74, 6) is -0.898. The molecule has 0 radical (unpaired) electrons. The lowest BCUT2D eigenvalue weighted by molar-refractivity contribution is -0.149. The molecule has 0 saturated carbocycles. The zero-order valence-electron chi connectivity index (χ0n) is 26.1. The summed E-state index contributed by atoms with van der Waals surface area (Å²) in [6.07, 6.45) is 0.944. The SMILES string of the molecule is COc1ccc2c(Oc3ccc(NC(=O)c4c(C)n(CC(C)OC(=O)CN(C)C)n(-c5ccccc5)c4=O)cc3F)ccnc2c1. The summed E-state index contributed by atoms with van der Waals surface area (Å²) in [7, 11) is 5.07. The molecule has 11 nitrogen and oxygen atoms in total. The monoisotopic (exact) mass is 627 g/mol. The summed E-state index contributed by atoms with van der Waals surface area (Å²) in [6.45, 7) is 3.56. The molecule has 0 aliphatic heterocycles. The van der Waals surface area contributed by atoms with Crippen molar-refractivity contribution in [3.63, 3.8) is 0 Å². The first-order valence-electron chi connectivity index (χ1n) is 14.5. The van der Waals surface area contributed by atoms with Crippen molar-refractivity contribution in [3.05, 3.63) is 106 Å². The second-order valence-corrected chi connectivity index (χ2v) is 10.9. The number of benzene rings is 3. The predicted octanol–water partition coefficient (Wildman–Crippen LogP) is 5.18. The van der Waals surface area contributed by atoms with E-state index in [-0.39, 0.29) is 30.1 Å². The van der Waals surface area contributed by atoms with Gasteiger partial charge in [0.05, 0.1) is 37.1 Å². The van der Waals surface area contributed by atoms with E-state index < -0.39 is 29.4 Å². The Hall–Kier alpha value is -5.49. The van der Waals surface area contributed by atoms with Gasteiger partial charge in [-0.2, -0.15) is 0 Å². The molecule has 238 valence electrons. The third kappa shape index (κ3) is 6.92. The van der Waals surface area contributed by atoms with Crippen LogP contribution in [0.2, 0.25) is 0 Å². The maximum atomic E-state index is 15.3. The van der Waals surface area contributed by atoms with Crippen molar-refractivity contribution in [2.75, 3.05) is 33.1 Å². The molecule has 0 saturated heterocycles. The van der Waals surface area contributed by atoms with E-state index in [1.165, 1.54) is 16.8 Å². The molecule has 5 rings (SSSR count). The number of carbonyl (C=O) groups excluding carboxylic acids is 2. The molecule has 1 atom stereocenters. The van der Waals surface area contributed by atoms with Crippen molar-refractivity contribution in [2.24, 2.45) is 0 Å².